The largest absolute Gasteiger partial charge is 0.316 e. The molecule has 1 nitrogen and oxygen atoms in total. The molecule has 1 aromatic carbocycles. The second kappa shape index (κ2) is 5.01. The lowest BCUT2D eigenvalue weighted by Crippen LogP contribution is -2.39. The number of hydrogen-bond acceptors (Lipinski definition) is 1. The smallest absolute Gasteiger partial charge is 0.0153 e. The average molecular weight is 219 g/mol. The molecule has 0 saturated carbocycles. The van der Waals surface area contributed by atoms with Gasteiger partial charge in [0.15, 0.2) is 0 Å². The Balaban J connectivity index is 2.90. The van der Waals surface area contributed by atoms with Crippen LogP contribution in [0.15, 0.2) is 18.2 Å². The van der Waals surface area contributed by atoms with Gasteiger partial charge in [-0.1, -0.05) is 44.5 Å². The zero-order valence-corrected chi connectivity index (χ0v) is 11.5. The van der Waals surface area contributed by atoms with Gasteiger partial charge < -0.3 is 5.32 Å². The van der Waals surface area contributed by atoms with Crippen LogP contribution < -0.4 is 5.32 Å². The summed E-state index contributed by atoms with van der Waals surface area (Å²) in [5, 5.41) is 3.44. The molecule has 0 heterocycles. The van der Waals surface area contributed by atoms with E-state index in [2.05, 4.69) is 65.2 Å². The molecule has 1 unspecified atom stereocenters. The summed E-state index contributed by atoms with van der Waals surface area (Å²) in [5.74, 6) is 0. The molecule has 1 heteroatoms. The van der Waals surface area contributed by atoms with Crippen LogP contribution in [0.25, 0.3) is 0 Å². The molecule has 1 rings (SSSR count). The van der Waals surface area contributed by atoms with Gasteiger partial charge in [0, 0.05) is 6.04 Å². The first-order valence-electron chi connectivity index (χ1n) is 6.08. The van der Waals surface area contributed by atoms with Crippen molar-refractivity contribution in [2.45, 2.75) is 47.1 Å². The third kappa shape index (κ3) is 3.34. The third-order valence-corrected chi connectivity index (χ3v) is 3.32. The molecule has 1 atom stereocenters. The zero-order chi connectivity index (χ0) is 12.3. The standard InChI is InChI=1S/C15H25N/c1-11-7-8-12(2)13(9-11)10-14(16-6)15(3,4)5/h7-9,14,16H,10H2,1-6H3. The number of benzene rings is 1. The molecule has 0 bridgehead atoms. The van der Waals surface area contributed by atoms with Crippen molar-refractivity contribution in [2.24, 2.45) is 5.41 Å². The molecule has 0 aliphatic rings. The number of aryl methyl sites for hydroxylation is 2. The van der Waals surface area contributed by atoms with Crippen LogP contribution in [0.1, 0.15) is 37.5 Å². The van der Waals surface area contributed by atoms with E-state index in [1.165, 1.54) is 16.7 Å². The van der Waals surface area contributed by atoms with Crippen LogP contribution in [0.5, 0.6) is 0 Å². The maximum atomic E-state index is 3.44. The summed E-state index contributed by atoms with van der Waals surface area (Å²) < 4.78 is 0. The van der Waals surface area contributed by atoms with Gasteiger partial charge in [-0.05, 0) is 43.9 Å². The first kappa shape index (κ1) is 13.2. The molecular weight excluding hydrogens is 194 g/mol. The summed E-state index contributed by atoms with van der Waals surface area (Å²) in [7, 11) is 2.06. The maximum absolute atomic E-state index is 3.44. The summed E-state index contributed by atoms with van der Waals surface area (Å²) in [6, 6.07) is 7.24. The van der Waals surface area contributed by atoms with Crippen molar-refractivity contribution in [3.8, 4) is 0 Å². The van der Waals surface area contributed by atoms with E-state index in [4.69, 9.17) is 0 Å². The fourth-order valence-electron chi connectivity index (χ4n) is 2.08. The summed E-state index contributed by atoms with van der Waals surface area (Å²) in [6.07, 6.45) is 1.10. The lowest BCUT2D eigenvalue weighted by atomic mass is 9.82. The van der Waals surface area contributed by atoms with Crippen molar-refractivity contribution < 1.29 is 0 Å². The molecule has 16 heavy (non-hydrogen) atoms. The van der Waals surface area contributed by atoms with Crippen molar-refractivity contribution in [1.82, 2.24) is 5.32 Å². The minimum Gasteiger partial charge on any atom is -0.316 e. The number of rotatable bonds is 3. The normalized spacial score (nSPS) is 13.9. The Morgan fingerprint density at radius 1 is 1.19 bits per heavy atom. The van der Waals surface area contributed by atoms with Crippen LogP contribution in [0.4, 0.5) is 0 Å². The molecule has 0 fully saturated rings. The van der Waals surface area contributed by atoms with E-state index in [9.17, 15) is 0 Å². The van der Waals surface area contributed by atoms with Crippen LogP contribution in [-0.4, -0.2) is 13.1 Å². The summed E-state index contributed by atoms with van der Waals surface area (Å²) in [6.45, 7) is 11.2. The molecular formula is C15H25N. The summed E-state index contributed by atoms with van der Waals surface area (Å²) in [4.78, 5) is 0. The average Bonchev–Trinajstić information content (AvgIpc) is 2.17. The number of likely N-dealkylation sites (N-methyl/N-ethyl adjacent to an activating group) is 1. The second-order valence-corrected chi connectivity index (χ2v) is 5.84. The molecule has 0 spiro atoms. The second-order valence-electron chi connectivity index (χ2n) is 5.84. The van der Waals surface area contributed by atoms with Gasteiger partial charge in [0.2, 0.25) is 0 Å². The SMILES string of the molecule is CNC(Cc1cc(C)ccc1C)C(C)(C)C. The molecule has 0 aliphatic carbocycles. The van der Waals surface area contributed by atoms with Crippen molar-refractivity contribution in [1.29, 1.82) is 0 Å². The zero-order valence-electron chi connectivity index (χ0n) is 11.5. The highest BCUT2D eigenvalue weighted by Gasteiger charge is 2.23. The minimum atomic E-state index is 0.297. The van der Waals surface area contributed by atoms with Gasteiger partial charge >= 0.3 is 0 Å². The van der Waals surface area contributed by atoms with Crippen molar-refractivity contribution in [3.63, 3.8) is 0 Å². The van der Waals surface area contributed by atoms with Crippen LogP contribution >= 0.6 is 0 Å². The maximum Gasteiger partial charge on any atom is 0.0153 e. The van der Waals surface area contributed by atoms with Crippen LogP contribution in [0, 0.1) is 19.3 Å². The molecule has 0 aliphatic heterocycles. The van der Waals surface area contributed by atoms with Gasteiger partial charge in [0.05, 0.1) is 0 Å². The third-order valence-electron chi connectivity index (χ3n) is 3.32. The fourth-order valence-corrected chi connectivity index (χ4v) is 2.08. The Hall–Kier alpha value is -0.820. The van der Waals surface area contributed by atoms with E-state index >= 15 is 0 Å². The van der Waals surface area contributed by atoms with Crippen molar-refractivity contribution in [2.75, 3.05) is 7.05 Å². The lowest BCUT2D eigenvalue weighted by molar-refractivity contribution is 0.279. The molecule has 0 saturated heterocycles. The predicted molar refractivity (Wildman–Crippen MR) is 71.9 cm³/mol. The molecule has 0 radical (unpaired) electrons. The predicted octanol–water partition coefficient (Wildman–Crippen LogP) is 3.48. The molecule has 1 N–H and O–H groups in total. The summed E-state index contributed by atoms with van der Waals surface area (Å²) in [5.41, 5.74) is 4.51. The van der Waals surface area contributed by atoms with E-state index in [1.807, 2.05) is 0 Å². The van der Waals surface area contributed by atoms with Crippen molar-refractivity contribution >= 4 is 0 Å². The Bertz CT molecular complexity index is 347. The van der Waals surface area contributed by atoms with Gasteiger partial charge in [-0.25, -0.2) is 0 Å². The minimum absolute atomic E-state index is 0.297. The topological polar surface area (TPSA) is 12.0 Å². The Morgan fingerprint density at radius 2 is 1.81 bits per heavy atom. The Kier molecular flexibility index (Phi) is 4.15. The Morgan fingerprint density at radius 3 is 2.31 bits per heavy atom. The molecule has 90 valence electrons. The quantitative estimate of drug-likeness (QED) is 0.820. The summed E-state index contributed by atoms with van der Waals surface area (Å²) >= 11 is 0. The van der Waals surface area contributed by atoms with E-state index in [1.54, 1.807) is 0 Å². The van der Waals surface area contributed by atoms with Crippen LogP contribution in [0.3, 0.4) is 0 Å². The Labute approximate surface area is 100 Å². The van der Waals surface area contributed by atoms with Gasteiger partial charge in [-0.2, -0.15) is 0 Å². The first-order valence-corrected chi connectivity index (χ1v) is 6.08. The highest BCUT2D eigenvalue weighted by molar-refractivity contribution is 5.31. The van der Waals surface area contributed by atoms with E-state index in [0.29, 0.717) is 11.5 Å². The lowest BCUT2D eigenvalue weighted by Gasteiger charge is -2.31. The number of nitrogens with one attached hydrogen (secondary N) is 1. The molecule has 0 amide bonds. The van der Waals surface area contributed by atoms with Gasteiger partial charge in [0.1, 0.15) is 0 Å². The monoisotopic (exact) mass is 219 g/mol. The van der Waals surface area contributed by atoms with Gasteiger partial charge in [-0.3, -0.25) is 0 Å². The van der Waals surface area contributed by atoms with E-state index in [0.717, 1.165) is 6.42 Å². The van der Waals surface area contributed by atoms with E-state index < -0.39 is 0 Å². The van der Waals surface area contributed by atoms with Crippen molar-refractivity contribution in [3.05, 3.63) is 34.9 Å². The highest BCUT2D eigenvalue weighted by Crippen LogP contribution is 2.24. The van der Waals surface area contributed by atoms with Gasteiger partial charge in [0.25, 0.3) is 0 Å². The van der Waals surface area contributed by atoms with Crippen LogP contribution in [0.2, 0.25) is 0 Å². The first-order chi connectivity index (χ1) is 7.34. The van der Waals surface area contributed by atoms with E-state index in [-0.39, 0.29) is 0 Å². The van der Waals surface area contributed by atoms with Crippen LogP contribution in [-0.2, 0) is 6.42 Å². The molecule has 1 aromatic rings. The van der Waals surface area contributed by atoms with Gasteiger partial charge in [-0.15, -0.1) is 0 Å². The molecule has 0 aromatic heterocycles. The highest BCUT2D eigenvalue weighted by atomic mass is 14.9. The fraction of sp³-hybridized carbons (Fsp3) is 0.600. The number of hydrogen-bond donors (Lipinski definition) is 1.